The van der Waals surface area contributed by atoms with Crippen LogP contribution in [-0.2, 0) is 25.7 Å². The normalized spacial score (nSPS) is 18.6. The lowest BCUT2D eigenvalue weighted by molar-refractivity contribution is -0.122. The summed E-state index contributed by atoms with van der Waals surface area (Å²) in [4.78, 5) is 68.1. The number of thioether (sulfide) groups is 1. The van der Waals surface area contributed by atoms with Crippen molar-refractivity contribution in [3.8, 4) is 0 Å². The van der Waals surface area contributed by atoms with E-state index in [2.05, 4.69) is 5.32 Å². The standard InChI is InChI=1S/C35H26FN3O6S2/c1-2-45-34(43)21-10-15-25(16-11-21)39-31(41)28-27(20-7-12-23(36)13-8-20)30-33(46-29(28)32(39)42)38(35(44)47-30)18-26(40)37-24-14-9-19-5-3-4-6-22(19)17-24/h3-17,27-29H,2,18H2,1H3,(H,37,40)/t27-,28?,29?/m1/s1. The highest BCUT2D eigenvalue weighted by Crippen LogP contribution is 2.53. The second-order valence-corrected chi connectivity index (χ2v) is 13.2. The molecule has 236 valence electrons. The van der Waals surface area contributed by atoms with E-state index >= 15 is 0 Å². The Morgan fingerprint density at radius 2 is 1.62 bits per heavy atom. The molecule has 0 saturated carbocycles. The average Bonchev–Trinajstić information content (AvgIpc) is 3.51. The van der Waals surface area contributed by atoms with Gasteiger partial charge in [0.1, 0.15) is 17.6 Å². The molecule has 0 radical (unpaired) electrons. The summed E-state index contributed by atoms with van der Waals surface area (Å²) in [6, 6.07) is 24.9. The van der Waals surface area contributed by atoms with Crippen molar-refractivity contribution >= 4 is 68.9 Å². The van der Waals surface area contributed by atoms with Gasteiger partial charge in [-0.3, -0.25) is 23.7 Å². The fraction of sp³-hybridized carbons (Fsp3) is 0.171. The number of hydrogen-bond acceptors (Lipinski definition) is 8. The highest BCUT2D eigenvalue weighted by molar-refractivity contribution is 8.00. The molecule has 7 rings (SSSR count). The van der Waals surface area contributed by atoms with Gasteiger partial charge in [-0.1, -0.05) is 65.6 Å². The van der Waals surface area contributed by atoms with Crippen molar-refractivity contribution in [1.29, 1.82) is 0 Å². The lowest BCUT2D eigenvalue weighted by Crippen LogP contribution is -2.33. The Labute approximate surface area is 276 Å². The predicted molar refractivity (Wildman–Crippen MR) is 177 cm³/mol. The molecule has 1 fully saturated rings. The predicted octanol–water partition coefficient (Wildman–Crippen LogP) is 5.81. The zero-order chi connectivity index (χ0) is 32.8. The number of halogens is 1. The van der Waals surface area contributed by atoms with Gasteiger partial charge in [-0.15, -0.1) is 0 Å². The number of ether oxygens (including phenoxy) is 1. The van der Waals surface area contributed by atoms with Crippen molar-refractivity contribution in [2.75, 3.05) is 16.8 Å². The van der Waals surface area contributed by atoms with Crippen molar-refractivity contribution in [2.45, 2.75) is 29.7 Å². The molecular formula is C35H26FN3O6S2. The number of carbonyl (C=O) groups is 4. The van der Waals surface area contributed by atoms with Crippen molar-refractivity contribution < 1.29 is 28.3 Å². The van der Waals surface area contributed by atoms with Crippen LogP contribution in [0.15, 0.2) is 101 Å². The zero-order valence-corrected chi connectivity index (χ0v) is 26.5. The molecule has 5 aromatic rings. The van der Waals surface area contributed by atoms with Gasteiger partial charge in [0.25, 0.3) is 0 Å². The SMILES string of the molecule is CCOC(=O)c1ccc(N2C(=O)C3Sc4c(sc(=O)n4CC(=O)Nc4ccc5ccccc5c4)[C@H](c4ccc(F)cc4)C3C2=O)cc1. The van der Waals surface area contributed by atoms with E-state index in [1.54, 1.807) is 25.1 Å². The van der Waals surface area contributed by atoms with Crippen LogP contribution in [0.2, 0.25) is 0 Å². The number of amides is 3. The summed E-state index contributed by atoms with van der Waals surface area (Å²) in [5.41, 5.74) is 1.71. The van der Waals surface area contributed by atoms with Crippen LogP contribution in [0.3, 0.4) is 0 Å². The van der Waals surface area contributed by atoms with Crippen LogP contribution in [0.25, 0.3) is 10.8 Å². The molecule has 4 aromatic carbocycles. The molecular weight excluding hydrogens is 642 g/mol. The first-order chi connectivity index (χ1) is 22.7. The first-order valence-corrected chi connectivity index (χ1v) is 16.5. The summed E-state index contributed by atoms with van der Waals surface area (Å²) in [6.45, 7) is 1.59. The minimum absolute atomic E-state index is 0.204. The van der Waals surface area contributed by atoms with Gasteiger partial charge in [0, 0.05) is 16.5 Å². The lowest BCUT2D eigenvalue weighted by atomic mass is 9.83. The van der Waals surface area contributed by atoms with Gasteiger partial charge in [-0.25, -0.2) is 14.1 Å². The fourth-order valence-corrected chi connectivity index (χ4v) is 8.88. The summed E-state index contributed by atoms with van der Waals surface area (Å²) in [7, 11) is 0. The third-order valence-corrected chi connectivity index (χ3v) is 10.9. The van der Waals surface area contributed by atoms with Gasteiger partial charge in [-0.2, -0.15) is 0 Å². The first kappa shape index (κ1) is 30.6. The van der Waals surface area contributed by atoms with Crippen LogP contribution in [-0.4, -0.2) is 40.1 Å². The Morgan fingerprint density at radius 3 is 2.34 bits per heavy atom. The van der Waals surface area contributed by atoms with Crippen molar-refractivity contribution in [3.05, 3.63) is 122 Å². The highest BCUT2D eigenvalue weighted by atomic mass is 32.2. The Morgan fingerprint density at radius 1 is 0.894 bits per heavy atom. The molecule has 3 heterocycles. The molecule has 12 heteroatoms. The summed E-state index contributed by atoms with van der Waals surface area (Å²) < 4.78 is 20.4. The van der Waals surface area contributed by atoms with Crippen LogP contribution in [0, 0.1) is 11.7 Å². The number of thiazole rings is 1. The van der Waals surface area contributed by atoms with E-state index in [-0.39, 0.29) is 24.4 Å². The molecule has 1 saturated heterocycles. The topological polar surface area (TPSA) is 115 Å². The van der Waals surface area contributed by atoms with E-state index in [1.165, 1.54) is 41.0 Å². The number of nitrogens with one attached hydrogen (secondary N) is 1. The monoisotopic (exact) mass is 667 g/mol. The number of benzene rings is 4. The van der Waals surface area contributed by atoms with E-state index in [4.69, 9.17) is 4.74 Å². The van der Waals surface area contributed by atoms with Crippen LogP contribution in [0.4, 0.5) is 15.8 Å². The number of fused-ring (bicyclic) bond motifs is 3. The summed E-state index contributed by atoms with van der Waals surface area (Å²) >= 11 is 2.00. The molecule has 2 unspecified atom stereocenters. The van der Waals surface area contributed by atoms with Gasteiger partial charge in [0.05, 0.1) is 28.8 Å². The number of imide groups is 1. The smallest absolute Gasteiger partial charge is 0.338 e. The summed E-state index contributed by atoms with van der Waals surface area (Å²) in [5, 5.41) is 4.33. The van der Waals surface area contributed by atoms with Gasteiger partial charge >= 0.3 is 10.8 Å². The molecule has 0 spiro atoms. The quantitative estimate of drug-likeness (QED) is 0.172. The average molecular weight is 668 g/mol. The second kappa shape index (κ2) is 12.3. The van der Waals surface area contributed by atoms with E-state index in [1.807, 2.05) is 36.4 Å². The third kappa shape index (κ3) is 5.53. The number of rotatable bonds is 7. The lowest BCUT2D eigenvalue weighted by Gasteiger charge is -2.30. The third-order valence-electron chi connectivity index (χ3n) is 8.25. The molecule has 2 aliphatic heterocycles. The molecule has 47 heavy (non-hydrogen) atoms. The van der Waals surface area contributed by atoms with Crippen LogP contribution < -0.4 is 15.1 Å². The molecule has 3 amide bonds. The van der Waals surface area contributed by atoms with E-state index < -0.39 is 51.5 Å². The van der Waals surface area contributed by atoms with Crippen LogP contribution >= 0.6 is 23.1 Å². The number of hydrogen-bond donors (Lipinski definition) is 1. The van der Waals surface area contributed by atoms with Crippen LogP contribution in [0.1, 0.15) is 33.6 Å². The number of carbonyl (C=O) groups excluding carboxylic acids is 4. The molecule has 3 atom stereocenters. The Balaban J connectivity index is 1.23. The van der Waals surface area contributed by atoms with E-state index in [0.29, 0.717) is 21.2 Å². The maximum atomic E-state index is 14.1. The maximum absolute atomic E-state index is 14.1. The number of aromatic nitrogens is 1. The van der Waals surface area contributed by atoms with Crippen molar-refractivity contribution in [3.63, 3.8) is 0 Å². The number of esters is 1. The molecule has 0 aliphatic carbocycles. The molecule has 1 aromatic heterocycles. The Kier molecular flexibility index (Phi) is 7.98. The van der Waals surface area contributed by atoms with Crippen molar-refractivity contribution in [1.82, 2.24) is 4.57 Å². The second-order valence-electron chi connectivity index (χ2n) is 11.1. The van der Waals surface area contributed by atoms with Gasteiger partial charge < -0.3 is 10.1 Å². The minimum Gasteiger partial charge on any atom is -0.462 e. The fourth-order valence-electron chi connectivity index (χ4n) is 6.11. The minimum atomic E-state index is -0.918. The molecule has 2 aliphatic rings. The zero-order valence-electron chi connectivity index (χ0n) is 24.8. The maximum Gasteiger partial charge on any atom is 0.338 e. The largest absolute Gasteiger partial charge is 0.462 e. The summed E-state index contributed by atoms with van der Waals surface area (Å²) in [6.07, 6.45) is 0. The first-order valence-electron chi connectivity index (χ1n) is 14.8. The van der Waals surface area contributed by atoms with Gasteiger partial charge in [-0.05, 0) is 71.8 Å². The highest BCUT2D eigenvalue weighted by Gasteiger charge is 2.56. The number of nitrogens with zero attached hydrogens (tertiary/aromatic N) is 2. The number of anilines is 2. The Hall–Kier alpha value is -5.07. The Bertz CT molecular complexity index is 2130. The molecule has 9 nitrogen and oxygen atoms in total. The van der Waals surface area contributed by atoms with Crippen molar-refractivity contribution in [2.24, 2.45) is 5.92 Å². The van der Waals surface area contributed by atoms with E-state index in [0.717, 1.165) is 38.8 Å². The van der Waals surface area contributed by atoms with Gasteiger partial charge in [0.2, 0.25) is 17.7 Å². The molecule has 0 bridgehead atoms. The van der Waals surface area contributed by atoms with Gasteiger partial charge in [0.15, 0.2) is 0 Å². The van der Waals surface area contributed by atoms with E-state index in [9.17, 15) is 28.4 Å². The van der Waals surface area contributed by atoms with Crippen LogP contribution in [0.5, 0.6) is 0 Å². The summed E-state index contributed by atoms with van der Waals surface area (Å²) in [5.74, 6) is -4.01. The molecule has 1 N–H and O–H groups in total.